The second-order valence-corrected chi connectivity index (χ2v) is 8.12. The zero-order chi connectivity index (χ0) is 21.5. The van der Waals surface area contributed by atoms with Crippen molar-refractivity contribution in [1.82, 2.24) is 4.90 Å². The molecule has 1 amide bonds. The van der Waals surface area contributed by atoms with E-state index in [1.807, 2.05) is 0 Å². The molecule has 1 saturated heterocycles. The van der Waals surface area contributed by atoms with Crippen LogP contribution < -0.4 is 9.47 Å². The molecule has 0 spiro atoms. The van der Waals surface area contributed by atoms with Crippen LogP contribution in [0.5, 0.6) is 11.5 Å². The van der Waals surface area contributed by atoms with E-state index in [9.17, 15) is 19.1 Å². The molecule has 1 aliphatic carbocycles. The third kappa shape index (κ3) is 3.34. The molecule has 1 saturated carbocycles. The van der Waals surface area contributed by atoms with E-state index >= 15 is 0 Å². The Kier molecular flexibility index (Phi) is 4.88. The first-order valence-corrected chi connectivity index (χ1v) is 10.5. The van der Waals surface area contributed by atoms with Gasteiger partial charge >= 0.3 is 0 Å². The van der Waals surface area contributed by atoms with Crippen LogP contribution in [0.15, 0.2) is 48.0 Å². The van der Waals surface area contributed by atoms with Crippen molar-refractivity contribution in [2.24, 2.45) is 0 Å². The number of ketones is 1. The number of carbonyl (C=O) groups excluding carboxylic acids is 2. The molecule has 1 N–H and O–H groups in total. The number of halogens is 1. The maximum atomic E-state index is 13.6. The zero-order valence-corrected chi connectivity index (χ0v) is 16.8. The van der Waals surface area contributed by atoms with Gasteiger partial charge in [0.2, 0.25) is 6.79 Å². The van der Waals surface area contributed by atoms with E-state index in [1.54, 1.807) is 35.2 Å². The summed E-state index contributed by atoms with van der Waals surface area (Å²) in [5, 5.41) is 11.2. The van der Waals surface area contributed by atoms with Gasteiger partial charge in [-0.25, -0.2) is 4.39 Å². The maximum absolute atomic E-state index is 13.6. The molecule has 0 bridgehead atoms. The average Bonchev–Trinajstić information content (AvgIpc) is 3.36. The number of hydrogen-bond donors (Lipinski definition) is 1. The third-order valence-corrected chi connectivity index (χ3v) is 6.28. The Balaban J connectivity index is 1.64. The highest BCUT2D eigenvalue weighted by molar-refractivity contribution is 6.46. The van der Waals surface area contributed by atoms with Crippen LogP contribution in [0.25, 0.3) is 5.76 Å². The molecule has 1 unspecified atom stereocenters. The minimum atomic E-state index is -0.769. The first-order chi connectivity index (χ1) is 15.0. The number of hydrogen-bond acceptors (Lipinski definition) is 5. The van der Waals surface area contributed by atoms with Crippen LogP contribution in [-0.4, -0.2) is 34.5 Å². The summed E-state index contributed by atoms with van der Waals surface area (Å²) in [6.45, 7) is 0.0845. The monoisotopic (exact) mass is 423 g/mol. The van der Waals surface area contributed by atoms with Gasteiger partial charge in [0, 0.05) is 11.6 Å². The van der Waals surface area contributed by atoms with E-state index < -0.39 is 23.5 Å². The maximum Gasteiger partial charge on any atom is 0.295 e. The van der Waals surface area contributed by atoms with Crippen molar-refractivity contribution in [3.8, 4) is 11.5 Å². The van der Waals surface area contributed by atoms with Gasteiger partial charge in [-0.05, 0) is 48.7 Å². The van der Waals surface area contributed by atoms with Crippen molar-refractivity contribution in [2.45, 2.75) is 44.2 Å². The van der Waals surface area contributed by atoms with E-state index in [0.717, 1.165) is 32.1 Å². The lowest BCUT2D eigenvalue weighted by atomic mass is 9.91. The Morgan fingerprint density at radius 2 is 1.68 bits per heavy atom. The number of carbonyl (C=O) groups is 2. The number of Topliss-reactive ketones (excluding diaryl/α,β-unsaturated/α-hetero) is 1. The number of rotatable bonds is 3. The highest BCUT2D eigenvalue weighted by Crippen LogP contribution is 2.44. The van der Waals surface area contributed by atoms with E-state index in [2.05, 4.69) is 0 Å². The average molecular weight is 423 g/mol. The van der Waals surface area contributed by atoms with Crippen LogP contribution in [0.3, 0.4) is 0 Å². The largest absolute Gasteiger partial charge is 0.507 e. The SMILES string of the molecule is O=C1C(=O)N(C2CCCCC2)C(c2ccc(F)cc2)/C1=C(/O)c1ccc2c(c1)OCO2. The zero-order valence-electron chi connectivity index (χ0n) is 16.8. The molecule has 1 atom stereocenters. The molecule has 7 heteroatoms. The summed E-state index contributed by atoms with van der Waals surface area (Å²) in [5.41, 5.74) is 0.965. The van der Waals surface area contributed by atoms with Gasteiger partial charge in [0.05, 0.1) is 11.6 Å². The normalized spacial score (nSPS) is 22.9. The van der Waals surface area contributed by atoms with Crippen LogP contribution >= 0.6 is 0 Å². The van der Waals surface area contributed by atoms with Gasteiger partial charge in [-0.1, -0.05) is 31.4 Å². The third-order valence-electron chi connectivity index (χ3n) is 6.28. The lowest BCUT2D eigenvalue weighted by Crippen LogP contribution is -2.40. The van der Waals surface area contributed by atoms with Crippen molar-refractivity contribution in [3.63, 3.8) is 0 Å². The first-order valence-electron chi connectivity index (χ1n) is 10.5. The van der Waals surface area contributed by atoms with Gasteiger partial charge in [-0.3, -0.25) is 9.59 Å². The van der Waals surface area contributed by atoms with Crippen molar-refractivity contribution in [3.05, 3.63) is 65.0 Å². The number of amides is 1. The lowest BCUT2D eigenvalue weighted by Gasteiger charge is -2.35. The molecular weight excluding hydrogens is 401 g/mol. The second-order valence-electron chi connectivity index (χ2n) is 8.12. The quantitative estimate of drug-likeness (QED) is 0.452. The summed E-state index contributed by atoms with van der Waals surface area (Å²) in [7, 11) is 0. The number of aliphatic hydroxyl groups excluding tert-OH is 1. The summed E-state index contributed by atoms with van der Waals surface area (Å²) in [4.78, 5) is 27.8. The number of aliphatic hydroxyl groups is 1. The highest BCUT2D eigenvalue weighted by Gasteiger charge is 2.48. The van der Waals surface area contributed by atoms with Crippen LogP contribution in [0.2, 0.25) is 0 Å². The van der Waals surface area contributed by atoms with Crippen molar-refractivity contribution >= 4 is 17.4 Å². The summed E-state index contributed by atoms with van der Waals surface area (Å²) in [6.07, 6.45) is 4.65. The molecule has 2 heterocycles. The molecule has 0 aromatic heterocycles. The minimum Gasteiger partial charge on any atom is -0.507 e. The molecule has 0 radical (unpaired) electrons. The predicted octanol–water partition coefficient (Wildman–Crippen LogP) is 4.31. The van der Waals surface area contributed by atoms with Gasteiger partial charge in [0.1, 0.15) is 11.6 Å². The van der Waals surface area contributed by atoms with Crippen molar-refractivity contribution in [1.29, 1.82) is 0 Å². The Morgan fingerprint density at radius 1 is 0.968 bits per heavy atom. The fourth-order valence-corrected chi connectivity index (χ4v) is 4.76. The molecule has 2 aromatic carbocycles. The number of benzene rings is 2. The van der Waals surface area contributed by atoms with Gasteiger partial charge in [-0.15, -0.1) is 0 Å². The highest BCUT2D eigenvalue weighted by atomic mass is 19.1. The first kappa shape index (κ1) is 19.6. The van der Waals surface area contributed by atoms with Crippen LogP contribution in [0.1, 0.15) is 49.3 Å². The van der Waals surface area contributed by atoms with Gasteiger partial charge in [0.25, 0.3) is 11.7 Å². The Hall–Kier alpha value is -3.35. The standard InChI is InChI=1S/C24H22FNO5/c25-16-9-6-14(7-10-16)21-20(22(27)15-8-11-18-19(12-15)31-13-30-18)23(28)24(29)26(21)17-4-2-1-3-5-17/h6-12,17,21,27H,1-5,13H2/b22-20-. The van der Waals surface area contributed by atoms with Crippen LogP contribution in [0.4, 0.5) is 4.39 Å². The summed E-state index contributed by atoms with van der Waals surface area (Å²) < 4.78 is 24.3. The van der Waals surface area contributed by atoms with Crippen LogP contribution in [-0.2, 0) is 9.59 Å². The summed E-state index contributed by atoms with van der Waals surface area (Å²) in [5.74, 6) is -1.02. The molecular formula is C24H22FNO5. The molecule has 2 fully saturated rings. The molecule has 2 aromatic rings. The van der Waals surface area contributed by atoms with Crippen LogP contribution in [0, 0.1) is 5.82 Å². The fraction of sp³-hybridized carbons (Fsp3) is 0.333. The molecule has 160 valence electrons. The number of fused-ring (bicyclic) bond motifs is 1. The number of likely N-dealkylation sites (tertiary alicyclic amines) is 1. The summed E-state index contributed by atoms with van der Waals surface area (Å²) in [6, 6.07) is 9.74. The molecule has 3 aliphatic rings. The Bertz CT molecular complexity index is 1070. The van der Waals surface area contributed by atoms with Gasteiger partial charge < -0.3 is 19.5 Å². The lowest BCUT2D eigenvalue weighted by molar-refractivity contribution is -0.141. The van der Waals surface area contributed by atoms with Crippen molar-refractivity contribution in [2.75, 3.05) is 6.79 Å². The fourth-order valence-electron chi connectivity index (χ4n) is 4.76. The minimum absolute atomic E-state index is 0.0149. The molecule has 6 nitrogen and oxygen atoms in total. The number of ether oxygens (including phenoxy) is 2. The van der Waals surface area contributed by atoms with E-state index in [0.29, 0.717) is 22.6 Å². The topological polar surface area (TPSA) is 76.1 Å². The molecule has 31 heavy (non-hydrogen) atoms. The van der Waals surface area contributed by atoms with E-state index in [4.69, 9.17) is 9.47 Å². The predicted molar refractivity (Wildman–Crippen MR) is 110 cm³/mol. The number of nitrogens with zero attached hydrogens (tertiary/aromatic N) is 1. The Labute approximate surface area is 178 Å². The smallest absolute Gasteiger partial charge is 0.295 e. The second kappa shape index (κ2) is 7.72. The van der Waals surface area contributed by atoms with E-state index in [1.165, 1.54) is 12.1 Å². The summed E-state index contributed by atoms with van der Waals surface area (Å²) >= 11 is 0. The van der Waals surface area contributed by atoms with Crippen molar-refractivity contribution < 1.29 is 28.6 Å². The van der Waals surface area contributed by atoms with E-state index in [-0.39, 0.29) is 24.2 Å². The molecule has 5 rings (SSSR count). The molecule has 2 aliphatic heterocycles. The Morgan fingerprint density at radius 3 is 2.42 bits per heavy atom. The van der Waals surface area contributed by atoms with Gasteiger partial charge in [-0.2, -0.15) is 0 Å². The van der Waals surface area contributed by atoms with Gasteiger partial charge in [0.15, 0.2) is 11.5 Å².